The van der Waals surface area contributed by atoms with Crippen LogP contribution in [0.4, 0.5) is 44.2 Å². The highest BCUT2D eigenvalue weighted by Gasteiger charge is 2.65. The lowest BCUT2D eigenvalue weighted by Gasteiger charge is -2.15. The highest BCUT2D eigenvalue weighted by atomic mass is 19.4. The van der Waals surface area contributed by atoms with Gasteiger partial charge in [0.1, 0.15) is 0 Å². The third-order valence-electron chi connectivity index (χ3n) is 6.07. The van der Waals surface area contributed by atoms with E-state index >= 15 is 0 Å². The van der Waals surface area contributed by atoms with E-state index in [0.29, 0.717) is 24.2 Å². The van der Waals surface area contributed by atoms with E-state index in [1.54, 1.807) is 0 Å². The maximum absolute atomic E-state index is 13.2. The van der Waals surface area contributed by atoms with E-state index in [4.69, 9.17) is 5.73 Å². The average Bonchev–Trinajstić information content (AvgIpc) is 3.83. The van der Waals surface area contributed by atoms with Crippen molar-refractivity contribution in [3.63, 3.8) is 0 Å². The minimum Gasteiger partial charge on any atom is -0.353 e. The Morgan fingerprint density at radius 1 is 0.575 bits per heavy atom. The molecular weight excluding hydrogens is 544 g/mol. The molecule has 0 bridgehead atoms. The molecule has 5 N–H and O–H groups in total. The van der Waals surface area contributed by atoms with Gasteiger partial charge in [-0.25, -0.2) is 0 Å². The first-order chi connectivity index (χ1) is 19.0. The molecule has 0 saturated carbocycles. The number of hydrogen-bond donors (Lipinski definition) is 4. The van der Waals surface area contributed by atoms with Gasteiger partial charge in [0.25, 0.3) is 0 Å². The van der Waals surface area contributed by atoms with Crippen molar-refractivity contribution in [2.75, 3.05) is 29.0 Å². The van der Waals surface area contributed by atoms with Gasteiger partial charge in [-0.1, -0.05) is 48.5 Å². The molecule has 210 valence electrons. The lowest BCUT2D eigenvalue weighted by atomic mass is 10.0. The number of rotatable bonds is 11. The number of nitrogens with two attached hydrogens (primary N) is 1. The van der Waals surface area contributed by atoms with Gasteiger partial charge in [-0.15, -0.1) is 20.5 Å². The predicted octanol–water partition coefficient (Wildman–Crippen LogP) is 4.83. The van der Waals surface area contributed by atoms with Crippen LogP contribution in [0.5, 0.6) is 0 Å². The zero-order valence-electron chi connectivity index (χ0n) is 20.4. The number of nitrogens with one attached hydrogen (secondary N) is 3. The van der Waals surface area contributed by atoms with Crippen LogP contribution in [0.25, 0.3) is 0 Å². The number of benzene rings is 2. The second kappa shape index (κ2) is 9.96. The number of alkyl halides is 6. The fourth-order valence-corrected chi connectivity index (χ4v) is 3.75. The molecule has 1 aromatic heterocycles. The minimum atomic E-state index is -4.61. The molecule has 0 unspecified atom stereocenters. The van der Waals surface area contributed by atoms with Crippen molar-refractivity contribution < 1.29 is 26.3 Å². The molecule has 3 heterocycles. The Balaban J connectivity index is 1.24. The summed E-state index contributed by atoms with van der Waals surface area (Å²) in [5.41, 5.74) is 1.71. The van der Waals surface area contributed by atoms with Gasteiger partial charge in [0, 0.05) is 37.3 Å². The summed E-state index contributed by atoms with van der Waals surface area (Å²) in [6, 6.07) is 11.3. The molecular formula is C23H21F6N11. The van der Waals surface area contributed by atoms with Crippen LogP contribution in [0, 0.1) is 0 Å². The highest BCUT2D eigenvalue weighted by molar-refractivity contribution is 5.44. The van der Waals surface area contributed by atoms with E-state index in [1.165, 1.54) is 48.5 Å². The highest BCUT2D eigenvalue weighted by Crippen LogP contribution is 2.53. The molecule has 0 fully saturated rings. The Bertz CT molecular complexity index is 1310. The van der Waals surface area contributed by atoms with E-state index < -0.39 is 23.7 Å². The first-order valence-corrected chi connectivity index (χ1v) is 11.8. The normalized spacial score (nSPS) is 16.5. The van der Waals surface area contributed by atoms with E-state index in [2.05, 4.69) is 51.4 Å². The molecule has 11 nitrogen and oxygen atoms in total. The molecule has 5 rings (SSSR count). The van der Waals surface area contributed by atoms with Crippen molar-refractivity contribution >= 4 is 17.8 Å². The first-order valence-electron chi connectivity index (χ1n) is 11.8. The number of nitrogens with zero attached hydrogens (tertiary/aromatic N) is 7. The van der Waals surface area contributed by atoms with Crippen molar-refractivity contribution in [2.24, 2.45) is 26.2 Å². The predicted molar refractivity (Wildman–Crippen MR) is 130 cm³/mol. The number of hydrogen-bond acceptors (Lipinski definition) is 11. The van der Waals surface area contributed by atoms with Crippen LogP contribution in [0.15, 0.2) is 69.0 Å². The molecule has 17 heteroatoms. The van der Waals surface area contributed by atoms with E-state index in [1.807, 2.05) is 0 Å². The third kappa shape index (κ3) is 5.36. The van der Waals surface area contributed by atoms with Crippen LogP contribution in [0.1, 0.15) is 22.3 Å². The Morgan fingerprint density at radius 3 is 1.23 bits per heavy atom. The van der Waals surface area contributed by atoms with Crippen molar-refractivity contribution in [2.45, 2.75) is 36.8 Å². The van der Waals surface area contributed by atoms with Gasteiger partial charge in [-0.2, -0.15) is 41.3 Å². The van der Waals surface area contributed by atoms with E-state index in [9.17, 15) is 26.3 Å². The molecule has 0 aliphatic carbocycles. The third-order valence-corrected chi connectivity index (χ3v) is 6.07. The van der Waals surface area contributed by atoms with E-state index in [0.717, 1.165) is 0 Å². The van der Waals surface area contributed by atoms with Crippen LogP contribution >= 0.6 is 0 Å². The van der Waals surface area contributed by atoms with Crippen molar-refractivity contribution in [1.29, 1.82) is 0 Å². The SMILES string of the molecule is NCCNc1nc(NCc2ccc(C3(C(F)(F)F)N=N3)cc2)nc(NCc2ccc(C3(C(F)(F)F)N=N3)cc2)n1. The summed E-state index contributed by atoms with van der Waals surface area (Å²) < 4.78 is 79.2. The molecule has 40 heavy (non-hydrogen) atoms. The summed E-state index contributed by atoms with van der Waals surface area (Å²) in [5.74, 6) is 0.545. The standard InChI is InChI=1S/C23H21F6N11/c24-22(25,26)20(37-38-20)15-5-1-13(2-6-15)11-32-18-34-17(31-10-9-30)35-19(36-18)33-12-14-3-7-16(8-4-14)21(39-40-21)23(27,28)29/h1-8H,9-12,30H2,(H3,31,32,33,34,35,36). The van der Waals surface area contributed by atoms with Crippen LogP contribution in [0.3, 0.4) is 0 Å². The van der Waals surface area contributed by atoms with Crippen LogP contribution in [-0.4, -0.2) is 40.4 Å². The summed E-state index contributed by atoms with van der Waals surface area (Å²) in [5, 5.41) is 21.7. The monoisotopic (exact) mass is 565 g/mol. The van der Waals surface area contributed by atoms with Crippen molar-refractivity contribution in [1.82, 2.24) is 15.0 Å². The smallest absolute Gasteiger partial charge is 0.353 e. The largest absolute Gasteiger partial charge is 0.442 e. The molecule has 0 amide bonds. The molecule has 0 spiro atoms. The van der Waals surface area contributed by atoms with Gasteiger partial charge in [0.2, 0.25) is 17.8 Å². The molecule has 2 aliphatic rings. The molecule has 2 aliphatic heterocycles. The first kappa shape index (κ1) is 27.2. The average molecular weight is 565 g/mol. The number of anilines is 3. The second-order valence-corrected chi connectivity index (χ2v) is 8.86. The summed E-state index contributed by atoms with van der Waals surface area (Å²) in [6.07, 6.45) is -9.21. The van der Waals surface area contributed by atoms with E-state index in [-0.39, 0.29) is 42.1 Å². The Morgan fingerprint density at radius 2 is 0.925 bits per heavy atom. The molecule has 0 saturated heterocycles. The topological polar surface area (TPSA) is 150 Å². The van der Waals surface area contributed by atoms with Gasteiger partial charge in [0.05, 0.1) is 0 Å². The fraction of sp³-hybridized carbons (Fsp3) is 0.348. The Labute approximate surface area is 222 Å². The lowest BCUT2D eigenvalue weighted by Crippen LogP contribution is -2.30. The molecule has 0 radical (unpaired) electrons. The van der Waals surface area contributed by atoms with Gasteiger partial charge in [-0.3, -0.25) is 0 Å². The molecule has 3 aromatic rings. The van der Waals surface area contributed by atoms with Gasteiger partial charge in [0.15, 0.2) is 0 Å². The van der Waals surface area contributed by atoms with Crippen LogP contribution in [-0.2, 0) is 24.4 Å². The fourth-order valence-electron chi connectivity index (χ4n) is 3.75. The number of halogens is 6. The van der Waals surface area contributed by atoms with Gasteiger partial charge in [-0.05, 0) is 11.1 Å². The summed E-state index contributed by atoms with van der Waals surface area (Å²) in [7, 11) is 0. The molecule has 2 aromatic carbocycles. The zero-order valence-corrected chi connectivity index (χ0v) is 20.4. The van der Waals surface area contributed by atoms with Crippen LogP contribution in [0.2, 0.25) is 0 Å². The van der Waals surface area contributed by atoms with Crippen LogP contribution < -0.4 is 21.7 Å². The minimum absolute atomic E-state index is 0.0776. The van der Waals surface area contributed by atoms with Crippen molar-refractivity contribution in [3.8, 4) is 0 Å². The zero-order chi connectivity index (χ0) is 28.6. The maximum atomic E-state index is 13.2. The van der Waals surface area contributed by atoms with Gasteiger partial charge < -0.3 is 21.7 Å². The van der Waals surface area contributed by atoms with Gasteiger partial charge >= 0.3 is 23.7 Å². The lowest BCUT2D eigenvalue weighted by molar-refractivity contribution is -0.166. The molecule has 0 atom stereocenters. The quantitative estimate of drug-likeness (QED) is 0.243. The Hall–Kier alpha value is -4.41. The summed E-state index contributed by atoms with van der Waals surface area (Å²) in [6.45, 7) is 1.06. The number of aromatic nitrogens is 3. The summed E-state index contributed by atoms with van der Waals surface area (Å²) >= 11 is 0. The summed E-state index contributed by atoms with van der Waals surface area (Å²) in [4.78, 5) is 12.8. The van der Waals surface area contributed by atoms with Crippen molar-refractivity contribution in [3.05, 3.63) is 70.8 Å². The second-order valence-electron chi connectivity index (χ2n) is 8.86. The Kier molecular flexibility index (Phi) is 6.77. The maximum Gasteiger partial charge on any atom is 0.442 e.